The van der Waals surface area contributed by atoms with Gasteiger partial charge in [0.15, 0.2) is 5.69 Å². The van der Waals surface area contributed by atoms with E-state index in [1.807, 2.05) is 0 Å². The highest BCUT2D eigenvalue weighted by Crippen LogP contribution is 2.08. The number of ether oxygens (including phenoxy) is 1. The van der Waals surface area contributed by atoms with E-state index >= 15 is 0 Å². The minimum atomic E-state index is -0.426. The number of hydrogen-bond acceptors (Lipinski definition) is 4. The van der Waals surface area contributed by atoms with Crippen LogP contribution in [0.4, 0.5) is 0 Å². The Hall–Kier alpha value is -1.39. The van der Waals surface area contributed by atoms with Crippen LogP contribution in [-0.4, -0.2) is 28.5 Å². The van der Waals surface area contributed by atoms with Crippen LogP contribution in [-0.2, 0) is 11.2 Å². The third kappa shape index (κ3) is 2.55. The summed E-state index contributed by atoms with van der Waals surface area (Å²) in [7, 11) is 1.34. The SMILES string of the molecule is CCCCCc1n[nH]nc1C(=O)OC. The van der Waals surface area contributed by atoms with Gasteiger partial charge in [0.2, 0.25) is 0 Å². The molecule has 0 saturated carbocycles. The Kier molecular flexibility index (Phi) is 4.10. The minimum absolute atomic E-state index is 0.309. The van der Waals surface area contributed by atoms with E-state index in [0.717, 1.165) is 25.7 Å². The first-order valence-electron chi connectivity index (χ1n) is 4.77. The third-order valence-corrected chi connectivity index (χ3v) is 2.02. The predicted molar refractivity (Wildman–Crippen MR) is 51.0 cm³/mol. The van der Waals surface area contributed by atoms with Crippen LogP contribution in [0.2, 0.25) is 0 Å². The lowest BCUT2D eigenvalue weighted by molar-refractivity contribution is 0.0592. The molecule has 78 valence electrons. The van der Waals surface area contributed by atoms with Crippen molar-refractivity contribution in [1.29, 1.82) is 0 Å². The molecular weight excluding hydrogens is 182 g/mol. The molecule has 1 rings (SSSR count). The summed E-state index contributed by atoms with van der Waals surface area (Å²) in [6.45, 7) is 2.13. The molecule has 0 radical (unpaired) electrons. The number of nitrogens with one attached hydrogen (secondary N) is 1. The summed E-state index contributed by atoms with van der Waals surface area (Å²) in [4.78, 5) is 11.2. The van der Waals surface area contributed by atoms with Gasteiger partial charge in [0.25, 0.3) is 0 Å². The monoisotopic (exact) mass is 197 g/mol. The van der Waals surface area contributed by atoms with Crippen molar-refractivity contribution in [1.82, 2.24) is 15.4 Å². The summed E-state index contributed by atoms with van der Waals surface area (Å²) in [5, 5.41) is 10.1. The number of nitrogens with zero attached hydrogens (tertiary/aromatic N) is 2. The van der Waals surface area contributed by atoms with Gasteiger partial charge in [0, 0.05) is 0 Å². The van der Waals surface area contributed by atoms with E-state index in [2.05, 4.69) is 27.1 Å². The van der Waals surface area contributed by atoms with Gasteiger partial charge in [-0.15, -0.1) is 5.10 Å². The van der Waals surface area contributed by atoms with Crippen LogP contribution in [0.15, 0.2) is 0 Å². The number of methoxy groups -OCH3 is 1. The number of rotatable bonds is 5. The fourth-order valence-electron chi connectivity index (χ4n) is 1.23. The summed E-state index contributed by atoms with van der Waals surface area (Å²) in [5.74, 6) is -0.426. The molecule has 1 aromatic rings. The predicted octanol–water partition coefficient (Wildman–Crippen LogP) is 1.32. The van der Waals surface area contributed by atoms with Gasteiger partial charge >= 0.3 is 5.97 Å². The molecule has 0 saturated heterocycles. The van der Waals surface area contributed by atoms with Gasteiger partial charge < -0.3 is 4.74 Å². The van der Waals surface area contributed by atoms with Gasteiger partial charge in [0.05, 0.1) is 12.8 Å². The van der Waals surface area contributed by atoms with Crippen molar-refractivity contribution in [2.45, 2.75) is 32.6 Å². The fraction of sp³-hybridized carbons (Fsp3) is 0.667. The molecule has 0 spiro atoms. The highest BCUT2D eigenvalue weighted by molar-refractivity contribution is 5.88. The summed E-state index contributed by atoms with van der Waals surface area (Å²) < 4.78 is 4.58. The zero-order valence-electron chi connectivity index (χ0n) is 8.54. The number of aryl methyl sites for hydroxylation is 1. The van der Waals surface area contributed by atoms with Crippen molar-refractivity contribution >= 4 is 5.97 Å². The Bertz CT molecular complexity index is 296. The quantitative estimate of drug-likeness (QED) is 0.571. The molecule has 0 bridgehead atoms. The van der Waals surface area contributed by atoms with Gasteiger partial charge in [-0.3, -0.25) is 0 Å². The summed E-state index contributed by atoms with van der Waals surface area (Å²) in [6, 6.07) is 0. The maximum Gasteiger partial charge on any atom is 0.360 e. The van der Waals surface area contributed by atoms with Crippen LogP contribution >= 0.6 is 0 Å². The van der Waals surface area contributed by atoms with Crippen molar-refractivity contribution in [2.24, 2.45) is 0 Å². The molecule has 0 aliphatic heterocycles. The van der Waals surface area contributed by atoms with Crippen LogP contribution in [0.1, 0.15) is 42.4 Å². The first-order valence-corrected chi connectivity index (χ1v) is 4.77. The largest absolute Gasteiger partial charge is 0.464 e. The fourth-order valence-corrected chi connectivity index (χ4v) is 1.23. The molecular formula is C9H15N3O2. The van der Waals surface area contributed by atoms with Crippen LogP contribution in [0.5, 0.6) is 0 Å². The zero-order chi connectivity index (χ0) is 10.4. The summed E-state index contributed by atoms with van der Waals surface area (Å²) >= 11 is 0. The molecule has 0 fully saturated rings. The van der Waals surface area contributed by atoms with E-state index in [9.17, 15) is 4.79 Å². The van der Waals surface area contributed by atoms with Crippen LogP contribution in [0, 0.1) is 0 Å². The lowest BCUT2D eigenvalue weighted by Crippen LogP contribution is -2.05. The molecule has 0 atom stereocenters. The molecule has 14 heavy (non-hydrogen) atoms. The number of unbranched alkanes of at least 4 members (excludes halogenated alkanes) is 2. The van der Waals surface area contributed by atoms with E-state index < -0.39 is 5.97 Å². The number of carbonyl (C=O) groups is 1. The molecule has 1 aromatic heterocycles. The Morgan fingerprint density at radius 3 is 2.86 bits per heavy atom. The smallest absolute Gasteiger partial charge is 0.360 e. The van der Waals surface area contributed by atoms with Gasteiger partial charge in [-0.25, -0.2) is 4.79 Å². The van der Waals surface area contributed by atoms with Gasteiger partial charge in [-0.1, -0.05) is 19.8 Å². The van der Waals surface area contributed by atoms with E-state index in [1.54, 1.807) is 0 Å². The molecule has 0 aliphatic rings. The first-order chi connectivity index (χ1) is 6.79. The normalized spacial score (nSPS) is 10.1. The van der Waals surface area contributed by atoms with E-state index in [4.69, 9.17) is 0 Å². The van der Waals surface area contributed by atoms with Crippen molar-refractivity contribution in [3.8, 4) is 0 Å². The second kappa shape index (κ2) is 5.36. The minimum Gasteiger partial charge on any atom is -0.464 e. The standard InChI is InChI=1S/C9H15N3O2/c1-3-4-5-6-7-8(9(13)14-2)11-12-10-7/h3-6H2,1-2H3,(H,10,11,12). The highest BCUT2D eigenvalue weighted by atomic mass is 16.5. The lowest BCUT2D eigenvalue weighted by atomic mass is 10.1. The van der Waals surface area contributed by atoms with Crippen molar-refractivity contribution in [2.75, 3.05) is 7.11 Å². The van der Waals surface area contributed by atoms with Crippen molar-refractivity contribution in [3.05, 3.63) is 11.4 Å². The molecule has 0 aliphatic carbocycles. The van der Waals surface area contributed by atoms with E-state index in [0.29, 0.717) is 11.4 Å². The molecule has 0 unspecified atom stereocenters. The van der Waals surface area contributed by atoms with E-state index in [-0.39, 0.29) is 0 Å². The Morgan fingerprint density at radius 1 is 1.43 bits per heavy atom. The molecule has 5 heteroatoms. The summed E-state index contributed by atoms with van der Waals surface area (Å²) in [5.41, 5.74) is 1.01. The van der Waals surface area contributed by atoms with Gasteiger partial charge in [-0.2, -0.15) is 10.3 Å². The molecule has 1 heterocycles. The number of esters is 1. The summed E-state index contributed by atoms with van der Waals surface area (Å²) in [6.07, 6.45) is 4.07. The van der Waals surface area contributed by atoms with E-state index in [1.165, 1.54) is 7.11 Å². The number of aromatic nitrogens is 3. The Labute approximate surface area is 82.8 Å². The molecule has 1 N–H and O–H groups in total. The van der Waals surface area contributed by atoms with Gasteiger partial charge in [-0.05, 0) is 12.8 Å². The zero-order valence-corrected chi connectivity index (χ0v) is 8.54. The Morgan fingerprint density at radius 2 is 2.21 bits per heavy atom. The maximum absolute atomic E-state index is 11.2. The van der Waals surface area contributed by atoms with Crippen LogP contribution in [0.25, 0.3) is 0 Å². The molecule has 0 amide bonds. The average molecular weight is 197 g/mol. The van der Waals surface area contributed by atoms with Crippen molar-refractivity contribution < 1.29 is 9.53 Å². The van der Waals surface area contributed by atoms with Crippen LogP contribution < -0.4 is 0 Å². The Balaban J connectivity index is 2.58. The van der Waals surface area contributed by atoms with Crippen LogP contribution in [0.3, 0.4) is 0 Å². The number of H-pyrrole nitrogens is 1. The first kappa shape index (κ1) is 10.7. The number of carbonyl (C=O) groups excluding carboxylic acids is 1. The third-order valence-electron chi connectivity index (χ3n) is 2.02. The second-order valence-electron chi connectivity index (χ2n) is 3.07. The molecule has 5 nitrogen and oxygen atoms in total. The lowest BCUT2D eigenvalue weighted by Gasteiger charge is -1.98. The molecule has 0 aromatic carbocycles. The average Bonchev–Trinajstić information content (AvgIpc) is 2.65. The number of aromatic amines is 1. The van der Waals surface area contributed by atoms with Crippen molar-refractivity contribution in [3.63, 3.8) is 0 Å². The van der Waals surface area contributed by atoms with Gasteiger partial charge in [0.1, 0.15) is 0 Å². The maximum atomic E-state index is 11.2. The number of hydrogen-bond donors (Lipinski definition) is 1. The topological polar surface area (TPSA) is 67.9 Å². The highest BCUT2D eigenvalue weighted by Gasteiger charge is 2.15. The second-order valence-corrected chi connectivity index (χ2v) is 3.07.